The molecule has 0 aliphatic heterocycles. The number of hydrogen-bond acceptors (Lipinski definition) is 3. The van der Waals surface area contributed by atoms with Crippen LogP contribution in [-0.4, -0.2) is 45.2 Å². The first kappa shape index (κ1) is 16.0. The van der Waals surface area contributed by atoms with Crippen LogP contribution in [0.4, 0.5) is 4.79 Å². The maximum Gasteiger partial charge on any atom is 0.242 e. The normalized spacial score (nSPS) is 12.2. The summed E-state index contributed by atoms with van der Waals surface area (Å²) in [6.45, 7) is 8.10. The van der Waals surface area contributed by atoms with Crippen molar-refractivity contribution in [1.29, 1.82) is 0 Å². The lowest BCUT2D eigenvalue weighted by Gasteiger charge is -2.19. The summed E-state index contributed by atoms with van der Waals surface area (Å²) in [5.41, 5.74) is 0. The molecule has 0 aliphatic rings. The van der Waals surface area contributed by atoms with Gasteiger partial charge in [-0.1, -0.05) is 20.8 Å². The Morgan fingerprint density at radius 2 is 1.88 bits per heavy atom. The van der Waals surface area contributed by atoms with Gasteiger partial charge in [0.15, 0.2) is 5.81 Å². The van der Waals surface area contributed by atoms with E-state index in [9.17, 15) is 9.59 Å². The molecule has 0 aliphatic carbocycles. The van der Waals surface area contributed by atoms with Gasteiger partial charge in [-0.3, -0.25) is 9.59 Å². The van der Waals surface area contributed by atoms with E-state index in [1.807, 2.05) is 20.8 Å². The van der Waals surface area contributed by atoms with Crippen molar-refractivity contribution in [2.45, 2.75) is 33.2 Å². The molecule has 0 heterocycles. The molecule has 0 aromatic rings. The quantitative estimate of drug-likeness (QED) is 0.412. The van der Waals surface area contributed by atoms with Crippen LogP contribution in [0.3, 0.4) is 0 Å². The van der Waals surface area contributed by atoms with Crippen molar-refractivity contribution in [2.24, 2.45) is 5.92 Å². The van der Waals surface area contributed by atoms with Crippen LogP contribution in [0.1, 0.15) is 27.2 Å². The molecule has 0 spiro atoms. The Hall–Kier alpha value is -1.04. The number of carbonyl (C=O) groups is 2. The third kappa shape index (κ3) is 8.74. The molecule has 0 fully saturated rings. The van der Waals surface area contributed by atoms with Gasteiger partial charge in [-0.2, -0.15) is 0 Å². The van der Waals surface area contributed by atoms with Crippen molar-refractivity contribution < 1.29 is 9.59 Å². The lowest BCUT2D eigenvalue weighted by molar-refractivity contribution is -0.123. The number of hydrogen-bond donors (Lipinski definition) is 3. The molecule has 6 heteroatoms. The second-order valence-corrected chi connectivity index (χ2v) is 4.34. The minimum absolute atomic E-state index is 0.185. The van der Waals surface area contributed by atoms with Gasteiger partial charge in [0.2, 0.25) is 13.8 Å². The van der Waals surface area contributed by atoms with Crippen molar-refractivity contribution in [3.8, 4) is 0 Å². The summed E-state index contributed by atoms with van der Waals surface area (Å²) >= 11 is 0. The largest absolute Gasteiger partial charge is 0.354 e. The highest BCUT2D eigenvalue weighted by Gasteiger charge is 2.19. The minimum Gasteiger partial charge on any atom is -0.354 e. The van der Waals surface area contributed by atoms with E-state index >= 15 is 0 Å². The number of likely N-dealkylation sites (N-methyl/N-ethyl adjacent to an activating group) is 1. The predicted octanol–water partition coefficient (Wildman–Crippen LogP) is 0.00490. The molecule has 96 valence electrons. The first-order valence-electron chi connectivity index (χ1n) is 6.01. The highest BCUT2D eigenvalue weighted by Crippen LogP contribution is 2.04. The van der Waals surface area contributed by atoms with E-state index in [0.717, 1.165) is 6.54 Å². The molecule has 0 aromatic carbocycles. The van der Waals surface area contributed by atoms with Gasteiger partial charge in [0.05, 0.1) is 0 Å². The average Bonchev–Trinajstić information content (AvgIpc) is 2.22. The monoisotopic (exact) mass is 239 g/mol. The lowest BCUT2D eigenvalue weighted by Crippen LogP contribution is -2.48. The van der Waals surface area contributed by atoms with Crippen LogP contribution in [0.25, 0.3) is 0 Å². The summed E-state index contributed by atoms with van der Waals surface area (Å²) in [4.78, 5) is 22.6. The predicted molar refractivity (Wildman–Crippen MR) is 69.1 cm³/mol. The van der Waals surface area contributed by atoms with E-state index in [2.05, 4.69) is 16.0 Å². The Kier molecular flexibility index (Phi) is 8.49. The summed E-state index contributed by atoms with van der Waals surface area (Å²) in [7, 11) is 5.04. The Bertz CT molecular complexity index is 247. The fraction of sp³-hybridized carbons (Fsp3) is 0.818. The van der Waals surface area contributed by atoms with E-state index in [0.29, 0.717) is 25.4 Å². The zero-order valence-electron chi connectivity index (χ0n) is 10.9. The van der Waals surface area contributed by atoms with Crippen LogP contribution in [0, 0.1) is 5.92 Å². The number of nitrogens with one attached hydrogen (secondary N) is 3. The topological polar surface area (TPSA) is 70.2 Å². The van der Waals surface area contributed by atoms with Crippen molar-refractivity contribution >= 4 is 19.6 Å². The van der Waals surface area contributed by atoms with E-state index in [-0.39, 0.29) is 5.91 Å². The number of rotatable bonds is 8. The molecular formula is C11H22BN3O2. The fourth-order valence-corrected chi connectivity index (χ4v) is 1.45. The van der Waals surface area contributed by atoms with Crippen LogP contribution < -0.4 is 16.0 Å². The SMILES string of the molecule is [B]C(=O)N[C@@H](CC(C)C)C(=O)NCCNCC. The van der Waals surface area contributed by atoms with Gasteiger partial charge in [0, 0.05) is 13.1 Å². The smallest absolute Gasteiger partial charge is 0.242 e. The molecule has 2 amide bonds. The molecule has 17 heavy (non-hydrogen) atoms. The van der Waals surface area contributed by atoms with E-state index < -0.39 is 11.8 Å². The first-order valence-corrected chi connectivity index (χ1v) is 6.01. The number of carbonyl (C=O) groups excluding carboxylic acids is 2. The zero-order chi connectivity index (χ0) is 13.3. The highest BCUT2D eigenvalue weighted by atomic mass is 16.2. The van der Waals surface area contributed by atoms with Crippen molar-refractivity contribution in [1.82, 2.24) is 16.0 Å². The highest BCUT2D eigenvalue weighted by molar-refractivity contribution is 6.57. The molecule has 2 radical (unpaired) electrons. The molecular weight excluding hydrogens is 217 g/mol. The Balaban J connectivity index is 4.08. The van der Waals surface area contributed by atoms with Crippen LogP contribution in [-0.2, 0) is 4.79 Å². The second kappa shape index (κ2) is 9.04. The molecule has 3 N–H and O–H groups in total. The minimum atomic E-state index is -0.669. The molecule has 0 bridgehead atoms. The van der Waals surface area contributed by atoms with Crippen LogP contribution in [0.15, 0.2) is 0 Å². The van der Waals surface area contributed by atoms with Gasteiger partial charge in [-0.05, 0) is 18.9 Å². The van der Waals surface area contributed by atoms with Crippen molar-refractivity contribution in [3.05, 3.63) is 0 Å². The third-order valence-corrected chi connectivity index (χ3v) is 2.19. The van der Waals surface area contributed by atoms with E-state index in [1.165, 1.54) is 0 Å². The fourth-order valence-electron chi connectivity index (χ4n) is 1.45. The molecule has 0 saturated carbocycles. The molecule has 0 rings (SSSR count). The van der Waals surface area contributed by atoms with Crippen molar-refractivity contribution in [2.75, 3.05) is 19.6 Å². The van der Waals surface area contributed by atoms with Crippen molar-refractivity contribution in [3.63, 3.8) is 0 Å². The molecule has 0 aromatic heterocycles. The summed E-state index contributed by atoms with van der Waals surface area (Å²) in [6, 6.07) is -0.547. The van der Waals surface area contributed by atoms with Gasteiger partial charge in [-0.15, -0.1) is 0 Å². The molecule has 0 saturated heterocycles. The second-order valence-electron chi connectivity index (χ2n) is 4.34. The average molecular weight is 239 g/mol. The summed E-state index contributed by atoms with van der Waals surface area (Å²) in [6.07, 6.45) is 0.579. The van der Waals surface area contributed by atoms with Gasteiger partial charge in [-0.25, -0.2) is 0 Å². The standard InChI is InChI=1S/C11H22BN3O2/c1-4-13-5-6-14-10(16)9(7-8(2)3)15-11(12)17/h8-9,13H,4-7H2,1-3H3,(H,14,16)(H,15,17)/t9-/m0/s1. The third-order valence-electron chi connectivity index (χ3n) is 2.19. The molecule has 0 unspecified atom stereocenters. The lowest BCUT2D eigenvalue weighted by atomic mass is 10.0. The van der Waals surface area contributed by atoms with Crippen LogP contribution >= 0.6 is 0 Å². The summed E-state index contributed by atoms with van der Waals surface area (Å²) in [5.74, 6) is -0.542. The summed E-state index contributed by atoms with van der Waals surface area (Å²) < 4.78 is 0. The Morgan fingerprint density at radius 3 is 2.35 bits per heavy atom. The van der Waals surface area contributed by atoms with E-state index in [1.54, 1.807) is 0 Å². The van der Waals surface area contributed by atoms with E-state index in [4.69, 9.17) is 7.85 Å². The number of amides is 2. The van der Waals surface area contributed by atoms with Gasteiger partial charge in [0.25, 0.3) is 0 Å². The van der Waals surface area contributed by atoms with Gasteiger partial charge in [0.1, 0.15) is 6.04 Å². The van der Waals surface area contributed by atoms with Crippen LogP contribution in [0.2, 0.25) is 0 Å². The molecule has 5 nitrogen and oxygen atoms in total. The summed E-state index contributed by atoms with van der Waals surface area (Å²) in [5, 5.41) is 8.31. The maximum atomic E-state index is 11.8. The van der Waals surface area contributed by atoms with Crippen LogP contribution in [0.5, 0.6) is 0 Å². The Labute approximate surface area is 105 Å². The van der Waals surface area contributed by atoms with Gasteiger partial charge < -0.3 is 16.0 Å². The zero-order valence-corrected chi connectivity index (χ0v) is 10.9. The Morgan fingerprint density at radius 1 is 1.24 bits per heavy atom. The van der Waals surface area contributed by atoms with Gasteiger partial charge >= 0.3 is 0 Å². The molecule has 1 atom stereocenters. The first-order chi connectivity index (χ1) is 7.97. The maximum absolute atomic E-state index is 11.8.